The fourth-order valence-corrected chi connectivity index (χ4v) is 2.77. The number of hydrogen-bond acceptors (Lipinski definition) is 3. The summed E-state index contributed by atoms with van der Waals surface area (Å²) >= 11 is 0. The van der Waals surface area contributed by atoms with Crippen molar-refractivity contribution in [3.63, 3.8) is 0 Å². The van der Waals surface area contributed by atoms with Gasteiger partial charge in [-0.1, -0.05) is 6.92 Å². The van der Waals surface area contributed by atoms with Crippen LogP contribution in [-0.2, 0) is 11.3 Å². The van der Waals surface area contributed by atoms with Gasteiger partial charge in [0.05, 0.1) is 12.3 Å². The molecule has 1 fully saturated rings. The van der Waals surface area contributed by atoms with Gasteiger partial charge >= 0.3 is 0 Å². The molecular formula is C19H35N5O. The Balaban J connectivity index is 1.78. The molecule has 1 aliphatic rings. The summed E-state index contributed by atoms with van der Waals surface area (Å²) < 4.78 is 7.82. The van der Waals surface area contributed by atoms with Crippen molar-refractivity contribution in [2.45, 2.75) is 47.1 Å². The molecule has 0 bridgehead atoms. The van der Waals surface area contributed by atoms with Gasteiger partial charge in [0.25, 0.3) is 0 Å². The van der Waals surface area contributed by atoms with Gasteiger partial charge in [-0.15, -0.1) is 0 Å². The Bertz CT molecular complexity index is 550. The van der Waals surface area contributed by atoms with Crippen LogP contribution in [0.2, 0.25) is 0 Å². The molecule has 142 valence electrons. The van der Waals surface area contributed by atoms with E-state index in [0.29, 0.717) is 5.92 Å². The number of hydrogen-bond donors (Lipinski definition) is 1. The van der Waals surface area contributed by atoms with Gasteiger partial charge in [-0.05, 0) is 51.5 Å². The first-order valence-electron chi connectivity index (χ1n) is 9.57. The van der Waals surface area contributed by atoms with Crippen molar-refractivity contribution in [1.82, 2.24) is 20.0 Å². The lowest BCUT2D eigenvalue weighted by molar-refractivity contribution is 0.115. The van der Waals surface area contributed by atoms with E-state index >= 15 is 0 Å². The summed E-state index contributed by atoms with van der Waals surface area (Å²) in [4.78, 5) is 6.97. The maximum atomic E-state index is 5.74. The fraction of sp³-hybridized carbons (Fsp3) is 0.789. The summed E-state index contributed by atoms with van der Waals surface area (Å²) in [5.74, 6) is 2.21. The zero-order valence-electron chi connectivity index (χ0n) is 16.6. The fourth-order valence-electron chi connectivity index (χ4n) is 2.77. The van der Waals surface area contributed by atoms with Crippen molar-refractivity contribution in [1.29, 1.82) is 0 Å². The van der Waals surface area contributed by atoms with Crippen LogP contribution < -0.4 is 5.32 Å². The minimum Gasteiger partial charge on any atom is -0.379 e. The van der Waals surface area contributed by atoms with Crippen LogP contribution >= 0.6 is 0 Å². The summed E-state index contributed by atoms with van der Waals surface area (Å²) in [6.07, 6.45) is 2.68. The molecule has 1 heterocycles. The van der Waals surface area contributed by atoms with Crippen LogP contribution in [0.1, 0.15) is 38.1 Å². The van der Waals surface area contributed by atoms with Gasteiger partial charge in [0.1, 0.15) is 0 Å². The third-order valence-electron chi connectivity index (χ3n) is 4.46. The summed E-state index contributed by atoms with van der Waals surface area (Å²) in [5.41, 5.74) is 2.29. The molecule has 0 saturated heterocycles. The Morgan fingerprint density at radius 1 is 1.48 bits per heavy atom. The van der Waals surface area contributed by atoms with E-state index in [9.17, 15) is 0 Å². The lowest BCUT2D eigenvalue weighted by Gasteiger charge is -2.22. The molecular weight excluding hydrogens is 314 g/mol. The molecule has 2 rings (SSSR count). The number of ether oxygens (including phenoxy) is 1. The molecule has 1 aromatic rings. The zero-order chi connectivity index (χ0) is 18.2. The number of rotatable bonds is 10. The van der Waals surface area contributed by atoms with Crippen molar-refractivity contribution in [2.75, 3.05) is 39.9 Å². The number of guanidine groups is 1. The first-order valence-corrected chi connectivity index (χ1v) is 9.57. The molecule has 1 aromatic heterocycles. The highest BCUT2D eigenvalue weighted by Crippen LogP contribution is 2.28. The number of nitrogens with zero attached hydrogens (tertiary/aromatic N) is 4. The molecule has 0 amide bonds. The maximum absolute atomic E-state index is 5.74. The summed E-state index contributed by atoms with van der Waals surface area (Å²) in [6.45, 7) is 13.6. The Morgan fingerprint density at radius 3 is 2.84 bits per heavy atom. The van der Waals surface area contributed by atoms with Crippen molar-refractivity contribution in [3.05, 3.63) is 17.5 Å². The predicted molar refractivity (Wildman–Crippen MR) is 103 cm³/mol. The standard InChI is InChI=1S/C19H35N5O/c1-6-20-19(23(5)9-10-25-14-18-7-8-18)21-12-15(2)13-24-17(4)11-16(3)22-24/h11,15,18H,6-10,12-14H2,1-5H3,(H,20,21). The number of aryl methyl sites for hydroxylation is 2. The summed E-state index contributed by atoms with van der Waals surface area (Å²) in [7, 11) is 2.08. The maximum Gasteiger partial charge on any atom is 0.193 e. The SMILES string of the molecule is CCNC(=NCC(C)Cn1nc(C)cc1C)N(C)CCOCC1CC1. The van der Waals surface area contributed by atoms with Gasteiger partial charge < -0.3 is 15.0 Å². The first-order chi connectivity index (χ1) is 12.0. The molecule has 25 heavy (non-hydrogen) atoms. The number of aliphatic imine (C=N–C) groups is 1. The van der Waals surface area contributed by atoms with Gasteiger partial charge in [-0.3, -0.25) is 9.67 Å². The second-order valence-corrected chi connectivity index (χ2v) is 7.35. The monoisotopic (exact) mass is 349 g/mol. The van der Waals surface area contributed by atoms with Crippen molar-refractivity contribution in [3.8, 4) is 0 Å². The van der Waals surface area contributed by atoms with E-state index in [1.807, 2.05) is 6.92 Å². The van der Waals surface area contributed by atoms with E-state index in [1.165, 1.54) is 18.5 Å². The highest BCUT2D eigenvalue weighted by atomic mass is 16.5. The number of likely N-dealkylation sites (N-methyl/N-ethyl adjacent to an activating group) is 1. The van der Waals surface area contributed by atoms with Crippen molar-refractivity contribution in [2.24, 2.45) is 16.8 Å². The summed E-state index contributed by atoms with van der Waals surface area (Å²) in [6, 6.07) is 2.12. The van der Waals surface area contributed by atoms with Crippen LogP contribution in [0.25, 0.3) is 0 Å². The van der Waals surface area contributed by atoms with Crippen LogP contribution in [0.4, 0.5) is 0 Å². The normalized spacial score (nSPS) is 16.1. The minimum atomic E-state index is 0.436. The third-order valence-corrected chi connectivity index (χ3v) is 4.46. The van der Waals surface area contributed by atoms with E-state index in [1.54, 1.807) is 0 Å². The second kappa shape index (κ2) is 9.80. The first kappa shape index (κ1) is 19.8. The molecule has 0 radical (unpaired) electrons. The average molecular weight is 350 g/mol. The smallest absolute Gasteiger partial charge is 0.193 e. The van der Waals surface area contributed by atoms with Gasteiger partial charge in [-0.2, -0.15) is 5.10 Å². The molecule has 0 aromatic carbocycles. The molecule has 1 N–H and O–H groups in total. The third kappa shape index (κ3) is 7.06. The largest absolute Gasteiger partial charge is 0.379 e. The van der Waals surface area contributed by atoms with Crippen LogP contribution in [0.3, 0.4) is 0 Å². The van der Waals surface area contributed by atoms with E-state index in [4.69, 9.17) is 9.73 Å². The minimum absolute atomic E-state index is 0.436. The Labute approximate surface area is 152 Å². The number of nitrogens with one attached hydrogen (secondary N) is 1. The molecule has 1 atom stereocenters. The quantitative estimate of drug-likeness (QED) is 0.400. The molecule has 0 aliphatic heterocycles. The highest BCUT2D eigenvalue weighted by Gasteiger charge is 2.21. The Hall–Kier alpha value is -1.56. The van der Waals surface area contributed by atoms with E-state index in [2.05, 4.69) is 53.9 Å². The second-order valence-electron chi connectivity index (χ2n) is 7.35. The van der Waals surface area contributed by atoms with Crippen molar-refractivity contribution >= 4 is 5.96 Å². The van der Waals surface area contributed by atoms with Gasteiger partial charge in [0.15, 0.2) is 5.96 Å². The van der Waals surface area contributed by atoms with Crippen LogP contribution in [0, 0.1) is 25.7 Å². The van der Waals surface area contributed by atoms with E-state index < -0.39 is 0 Å². The lowest BCUT2D eigenvalue weighted by Crippen LogP contribution is -2.41. The topological polar surface area (TPSA) is 54.7 Å². The predicted octanol–water partition coefficient (Wildman–Crippen LogP) is 2.46. The van der Waals surface area contributed by atoms with Crippen LogP contribution in [0.5, 0.6) is 0 Å². The molecule has 6 heteroatoms. The molecule has 6 nitrogen and oxygen atoms in total. The van der Waals surface area contributed by atoms with E-state index in [-0.39, 0.29) is 0 Å². The molecule has 1 unspecified atom stereocenters. The van der Waals surface area contributed by atoms with Gasteiger partial charge in [0.2, 0.25) is 0 Å². The average Bonchev–Trinajstić information content (AvgIpc) is 3.33. The highest BCUT2D eigenvalue weighted by molar-refractivity contribution is 5.79. The van der Waals surface area contributed by atoms with Gasteiger partial charge in [-0.25, -0.2) is 0 Å². The lowest BCUT2D eigenvalue weighted by atomic mass is 10.2. The Kier molecular flexibility index (Phi) is 7.75. The van der Waals surface area contributed by atoms with Crippen molar-refractivity contribution < 1.29 is 4.74 Å². The van der Waals surface area contributed by atoms with Crippen LogP contribution in [0.15, 0.2) is 11.1 Å². The molecule has 0 spiro atoms. The van der Waals surface area contributed by atoms with Crippen LogP contribution in [-0.4, -0.2) is 60.5 Å². The van der Waals surface area contributed by atoms with Gasteiger partial charge in [0, 0.05) is 45.5 Å². The summed E-state index contributed by atoms with van der Waals surface area (Å²) in [5, 5.41) is 7.92. The number of aromatic nitrogens is 2. The zero-order valence-corrected chi connectivity index (χ0v) is 16.6. The van der Waals surface area contributed by atoms with E-state index in [0.717, 1.165) is 57.0 Å². The molecule has 1 saturated carbocycles. The molecule has 1 aliphatic carbocycles. The Morgan fingerprint density at radius 2 is 2.24 bits per heavy atom.